The normalized spacial score (nSPS) is 12.0. The molecule has 3 aromatic carbocycles. The average Bonchev–Trinajstić information content (AvgIpc) is 3.04. The molecule has 0 atom stereocenters. The molecule has 0 fully saturated rings. The molecule has 4 rings (SSSR count). The molecule has 46 heavy (non-hydrogen) atoms. The number of aliphatic hydroxyl groups is 1. The zero-order chi connectivity index (χ0) is 32.9. The number of anilines is 4. The van der Waals surface area contributed by atoms with E-state index >= 15 is 0 Å². The van der Waals surface area contributed by atoms with Gasteiger partial charge in [0, 0.05) is 24.0 Å². The fraction of sp³-hybridized carbons (Fsp3) is 0.265. The van der Waals surface area contributed by atoms with Crippen LogP contribution in [-0.4, -0.2) is 56.3 Å². The number of nitrogens with zero attached hydrogens (tertiary/aromatic N) is 2. The molecule has 0 aliphatic rings. The molecule has 0 saturated heterocycles. The predicted octanol–water partition coefficient (Wildman–Crippen LogP) is 5.98. The summed E-state index contributed by atoms with van der Waals surface area (Å²) in [5.41, 5.74) is 3.82. The maximum Gasteiger partial charge on any atom is 0.263 e. The number of hydrogen-bond donors (Lipinski definition) is 4. The number of aryl methyl sites for hydroxylation is 1. The van der Waals surface area contributed by atoms with Gasteiger partial charge in [-0.25, -0.2) is 18.4 Å². The summed E-state index contributed by atoms with van der Waals surface area (Å²) in [5.74, 6) is 0.332. The van der Waals surface area contributed by atoms with Crippen LogP contribution in [-0.2, 0) is 26.0 Å². The van der Waals surface area contributed by atoms with Crippen molar-refractivity contribution < 1.29 is 27.8 Å². The Hall–Kier alpha value is -4.78. The van der Waals surface area contributed by atoms with Gasteiger partial charge in [0.15, 0.2) is 11.6 Å². The maximum absolute atomic E-state index is 13.7. The molecule has 4 aromatic rings. The number of fused-ring (bicyclic) bond motifs is 1. The number of allylic oxidation sites excluding steroid dienone is 2. The third-order valence-corrected chi connectivity index (χ3v) is 8.09. The molecular formula is C34H39N5O6S. The van der Waals surface area contributed by atoms with Gasteiger partial charge < -0.3 is 25.2 Å². The van der Waals surface area contributed by atoms with Crippen molar-refractivity contribution in [2.75, 3.05) is 42.3 Å². The second kappa shape index (κ2) is 16.5. The Morgan fingerprint density at radius 2 is 1.74 bits per heavy atom. The van der Waals surface area contributed by atoms with Crippen LogP contribution >= 0.6 is 0 Å². The van der Waals surface area contributed by atoms with E-state index in [4.69, 9.17) is 9.47 Å². The van der Waals surface area contributed by atoms with Crippen LogP contribution in [0.15, 0.2) is 95.4 Å². The standard InChI is InChI=1S/C34H39N5O6S/c1-4-10-24(11-5-2)22-45-23-32(41)35-26-13-8-14-28(20-26)46(42,43)39-34-33(36-29-15-6-7-16-30(29)37-34)38-31-21-27(44-3)18-17-25(31)12-9-19-40/h4,6-8,10-11,13-18,20-21,40H,5,9,12,19,22-23H2,1-3H3,(H,35,41)(H,36,38)(H,37,39)/b10-4-,24-11+. The summed E-state index contributed by atoms with van der Waals surface area (Å²) in [6.45, 7) is 4.04. The van der Waals surface area contributed by atoms with E-state index in [9.17, 15) is 18.3 Å². The van der Waals surface area contributed by atoms with Gasteiger partial charge in [-0.2, -0.15) is 0 Å². The van der Waals surface area contributed by atoms with Crippen molar-refractivity contribution in [2.45, 2.75) is 38.0 Å². The molecule has 0 unspecified atom stereocenters. The number of carbonyl (C=O) groups excluding carboxylic acids is 1. The first-order valence-electron chi connectivity index (χ1n) is 14.9. The first kappa shape index (κ1) is 34.1. The van der Waals surface area contributed by atoms with Crippen LogP contribution in [0.1, 0.15) is 32.3 Å². The number of aromatic nitrogens is 2. The molecule has 0 bridgehead atoms. The van der Waals surface area contributed by atoms with Crippen LogP contribution in [0, 0.1) is 0 Å². The number of hydrogen-bond acceptors (Lipinski definition) is 9. The lowest BCUT2D eigenvalue weighted by atomic mass is 10.1. The van der Waals surface area contributed by atoms with Gasteiger partial charge in [-0.1, -0.05) is 49.4 Å². The minimum atomic E-state index is -4.18. The Morgan fingerprint density at radius 3 is 2.43 bits per heavy atom. The van der Waals surface area contributed by atoms with Gasteiger partial charge in [0.2, 0.25) is 5.91 Å². The number of methoxy groups -OCH3 is 1. The highest BCUT2D eigenvalue weighted by molar-refractivity contribution is 7.92. The summed E-state index contributed by atoms with van der Waals surface area (Å²) in [5, 5.41) is 15.3. The van der Waals surface area contributed by atoms with Gasteiger partial charge in [-0.15, -0.1) is 0 Å². The summed E-state index contributed by atoms with van der Waals surface area (Å²) in [7, 11) is -2.63. The fourth-order valence-electron chi connectivity index (χ4n) is 4.61. The lowest BCUT2D eigenvalue weighted by Crippen LogP contribution is -2.20. The number of para-hydroxylation sites is 2. The quantitative estimate of drug-likeness (QED) is 0.108. The molecule has 0 radical (unpaired) electrons. The van der Waals surface area contributed by atoms with Crippen LogP contribution in [0.4, 0.5) is 23.0 Å². The van der Waals surface area contributed by atoms with Crippen molar-refractivity contribution in [2.24, 2.45) is 0 Å². The van der Waals surface area contributed by atoms with E-state index < -0.39 is 15.9 Å². The summed E-state index contributed by atoms with van der Waals surface area (Å²) < 4.78 is 40.8. The molecule has 1 aromatic heterocycles. The number of rotatable bonds is 16. The summed E-state index contributed by atoms with van der Waals surface area (Å²) in [6, 6.07) is 18.5. The Morgan fingerprint density at radius 1 is 0.978 bits per heavy atom. The second-order valence-corrected chi connectivity index (χ2v) is 11.9. The van der Waals surface area contributed by atoms with E-state index in [-0.39, 0.29) is 36.4 Å². The zero-order valence-corrected chi connectivity index (χ0v) is 26.9. The summed E-state index contributed by atoms with van der Waals surface area (Å²) in [6.07, 6.45) is 7.81. The average molecular weight is 646 g/mol. The predicted molar refractivity (Wildman–Crippen MR) is 181 cm³/mol. The number of amides is 1. The highest BCUT2D eigenvalue weighted by Crippen LogP contribution is 2.31. The van der Waals surface area contributed by atoms with Gasteiger partial charge in [0.1, 0.15) is 12.4 Å². The first-order chi connectivity index (χ1) is 22.3. The molecule has 242 valence electrons. The van der Waals surface area contributed by atoms with Crippen molar-refractivity contribution in [3.05, 3.63) is 96.1 Å². The Labute approximate surface area is 269 Å². The number of nitrogens with one attached hydrogen (secondary N) is 3. The smallest absolute Gasteiger partial charge is 0.263 e. The number of ether oxygens (including phenoxy) is 2. The summed E-state index contributed by atoms with van der Waals surface area (Å²) in [4.78, 5) is 21.7. The zero-order valence-electron chi connectivity index (χ0n) is 26.1. The van der Waals surface area contributed by atoms with Gasteiger partial charge in [-0.3, -0.25) is 9.52 Å². The van der Waals surface area contributed by atoms with Crippen molar-refractivity contribution >= 4 is 50.0 Å². The van der Waals surface area contributed by atoms with Crippen LogP contribution in [0.25, 0.3) is 11.0 Å². The molecular weight excluding hydrogens is 606 g/mol. The lowest BCUT2D eigenvalue weighted by Gasteiger charge is -2.17. The largest absolute Gasteiger partial charge is 0.497 e. The molecule has 1 heterocycles. The van der Waals surface area contributed by atoms with Gasteiger partial charge in [0.25, 0.3) is 10.0 Å². The molecule has 1 amide bonds. The minimum absolute atomic E-state index is 0.0190. The van der Waals surface area contributed by atoms with E-state index in [0.717, 1.165) is 17.6 Å². The van der Waals surface area contributed by atoms with Crippen LogP contribution in [0.2, 0.25) is 0 Å². The molecule has 0 aliphatic carbocycles. The Kier molecular flexibility index (Phi) is 12.2. The molecule has 11 nitrogen and oxygen atoms in total. The second-order valence-electron chi connectivity index (χ2n) is 10.2. The molecule has 4 N–H and O–H groups in total. The van der Waals surface area contributed by atoms with Gasteiger partial charge >= 0.3 is 0 Å². The monoisotopic (exact) mass is 645 g/mol. The van der Waals surface area contributed by atoms with E-state index in [0.29, 0.717) is 41.0 Å². The number of carbonyl (C=O) groups is 1. The van der Waals surface area contributed by atoms with E-state index in [2.05, 4.69) is 25.3 Å². The SMILES string of the molecule is C/C=C\C(=C/CC)COCC(=O)Nc1cccc(S(=O)(=O)Nc2nc3ccccc3nc2Nc2cc(OC)ccc2CCCO)c1. The molecule has 0 saturated carbocycles. The molecule has 0 spiro atoms. The summed E-state index contributed by atoms with van der Waals surface area (Å²) >= 11 is 0. The van der Waals surface area contributed by atoms with Crippen LogP contribution in [0.3, 0.4) is 0 Å². The Bertz CT molecular complexity index is 1820. The van der Waals surface area contributed by atoms with Crippen molar-refractivity contribution in [3.63, 3.8) is 0 Å². The Balaban J connectivity index is 1.58. The van der Waals surface area contributed by atoms with E-state index in [1.165, 1.54) is 18.2 Å². The van der Waals surface area contributed by atoms with E-state index in [1.54, 1.807) is 37.4 Å². The number of benzene rings is 3. The third kappa shape index (κ3) is 9.36. The first-order valence-corrected chi connectivity index (χ1v) is 16.4. The topological polar surface area (TPSA) is 152 Å². The minimum Gasteiger partial charge on any atom is -0.497 e. The van der Waals surface area contributed by atoms with Gasteiger partial charge in [0.05, 0.1) is 29.6 Å². The van der Waals surface area contributed by atoms with E-state index in [1.807, 2.05) is 50.3 Å². The lowest BCUT2D eigenvalue weighted by molar-refractivity contribution is -0.120. The van der Waals surface area contributed by atoms with Crippen molar-refractivity contribution in [3.8, 4) is 5.75 Å². The molecule has 12 heteroatoms. The van der Waals surface area contributed by atoms with Gasteiger partial charge in [-0.05, 0) is 73.7 Å². The highest BCUT2D eigenvalue weighted by Gasteiger charge is 2.21. The fourth-order valence-corrected chi connectivity index (χ4v) is 5.66. The van der Waals surface area contributed by atoms with Crippen LogP contribution < -0.4 is 20.1 Å². The van der Waals surface area contributed by atoms with Crippen molar-refractivity contribution in [1.82, 2.24) is 9.97 Å². The maximum atomic E-state index is 13.7. The molecule has 0 aliphatic heterocycles. The van der Waals surface area contributed by atoms with Crippen molar-refractivity contribution in [1.29, 1.82) is 0 Å². The number of sulfonamides is 1. The number of aliphatic hydroxyl groups excluding tert-OH is 1. The highest BCUT2D eigenvalue weighted by atomic mass is 32.2. The van der Waals surface area contributed by atoms with Crippen LogP contribution in [0.5, 0.6) is 5.75 Å². The third-order valence-electron chi connectivity index (χ3n) is 6.75.